The molecular weight excluding hydrogens is 240 g/mol. The minimum atomic E-state index is 0.239. The number of hydrogen-bond acceptors (Lipinski definition) is 3. The van der Waals surface area contributed by atoms with Crippen molar-refractivity contribution in [2.45, 2.75) is 6.42 Å². The van der Waals surface area contributed by atoms with Crippen molar-refractivity contribution in [3.63, 3.8) is 0 Å². The first-order valence-electron chi connectivity index (χ1n) is 6.17. The molecule has 0 bridgehead atoms. The number of fused-ring (bicyclic) bond motifs is 1. The van der Waals surface area contributed by atoms with E-state index in [1.165, 1.54) is 0 Å². The maximum Gasteiger partial charge on any atom is 0.119 e. The van der Waals surface area contributed by atoms with Gasteiger partial charge < -0.3 is 14.8 Å². The normalized spacial score (nSPS) is 10.7. The molecular formula is C15H14N2O2. The summed E-state index contributed by atoms with van der Waals surface area (Å²) in [6.45, 7) is 0.565. The highest BCUT2D eigenvalue weighted by Crippen LogP contribution is 2.18. The van der Waals surface area contributed by atoms with Crippen LogP contribution >= 0.6 is 0 Å². The van der Waals surface area contributed by atoms with Crippen molar-refractivity contribution in [1.82, 2.24) is 9.97 Å². The Morgan fingerprint density at radius 3 is 2.79 bits per heavy atom. The Morgan fingerprint density at radius 1 is 1.11 bits per heavy atom. The lowest BCUT2D eigenvalue weighted by molar-refractivity contribution is 0.319. The number of phenolic OH excluding ortho intramolecular Hbond substituents is 1. The number of H-pyrrole nitrogens is 1. The van der Waals surface area contributed by atoms with Crippen LogP contribution in [0.25, 0.3) is 11.0 Å². The third kappa shape index (κ3) is 2.68. The molecule has 1 heterocycles. The Kier molecular flexibility index (Phi) is 3.06. The SMILES string of the molecule is Oc1ccc2nc(CCOc3ccccc3)[nH]c2c1. The van der Waals surface area contributed by atoms with Crippen LogP contribution in [-0.2, 0) is 6.42 Å². The summed E-state index contributed by atoms with van der Waals surface area (Å²) < 4.78 is 5.62. The second-order valence-electron chi connectivity index (χ2n) is 4.30. The van der Waals surface area contributed by atoms with E-state index in [9.17, 15) is 5.11 Å². The van der Waals surface area contributed by atoms with Crippen molar-refractivity contribution in [2.75, 3.05) is 6.61 Å². The molecule has 4 nitrogen and oxygen atoms in total. The number of hydrogen-bond donors (Lipinski definition) is 2. The van der Waals surface area contributed by atoms with Gasteiger partial charge in [0.05, 0.1) is 17.6 Å². The zero-order chi connectivity index (χ0) is 13.1. The van der Waals surface area contributed by atoms with Crippen LogP contribution in [0.15, 0.2) is 48.5 Å². The summed E-state index contributed by atoms with van der Waals surface area (Å²) in [4.78, 5) is 7.61. The van der Waals surface area contributed by atoms with Gasteiger partial charge in [-0.05, 0) is 24.3 Å². The number of aromatic hydroxyl groups is 1. The third-order valence-electron chi connectivity index (χ3n) is 2.87. The summed E-state index contributed by atoms with van der Waals surface area (Å²) in [5, 5.41) is 9.39. The quantitative estimate of drug-likeness (QED) is 0.752. The minimum Gasteiger partial charge on any atom is -0.508 e. The average Bonchev–Trinajstić information content (AvgIpc) is 2.82. The van der Waals surface area contributed by atoms with Crippen LogP contribution in [0.4, 0.5) is 0 Å². The molecule has 0 atom stereocenters. The van der Waals surface area contributed by atoms with E-state index in [0.29, 0.717) is 13.0 Å². The predicted molar refractivity (Wildman–Crippen MR) is 73.4 cm³/mol. The molecule has 1 aromatic heterocycles. The smallest absolute Gasteiger partial charge is 0.119 e. The molecule has 3 aromatic rings. The molecule has 0 aliphatic carbocycles. The molecule has 0 fully saturated rings. The Morgan fingerprint density at radius 2 is 1.95 bits per heavy atom. The number of phenols is 1. The molecule has 0 aliphatic heterocycles. The summed E-state index contributed by atoms with van der Waals surface area (Å²) in [7, 11) is 0. The summed E-state index contributed by atoms with van der Waals surface area (Å²) in [6, 6.07) is 14.8. The van der Waals surface area contributed by atoms with Crippen molar-refractivity contribution < 1.29 is 9.84 Å². The Labute approximate surface area is 110 Å². The van der Waals surface area contributed by atoms with Crippen molar-refractivity contribution in [2.24, 2.45) is 0 Å². The van der Waals surface area contributed by atoms with Crippen LogP contribution < -0.4 is 4.74 Å². The summed E-state index contributed by atoms with van der Waals surface area (Å²) in [6.07, 6.45) is 0.699. The molecule has 3 rings (SSSR count). The molecule has 4 heteroatoms. The van der Waals surface area contributed by atoms with E-state index in [2.05, 4.69) is 9.97 Å². The summed E-state index contributed by atoms with van der Waals surface area (Å²) in [5.74, 6) is 1.95. The van der Waals surface area contributed by atoms with Crippen LogP contribution in [0, 0.1) is 0 Å². The first-order valence-corrected chi connectivity index (χ1v) is 6.17. The number of aromatic amines is 1. The molecule has 0 saturated heterocycles. The van der Waals surface area contributed by atoms with Crippen molar-refractivity contribution >= 4 is 11.0 Å². The number of nitrogens with one attached hydrogen (secondary N) is 1. The summed E-state index contributed by atoms with van der Waals surface area (Å²) in [5.41, 5.74) is 1.70. The fourth-order valence-electron chi connectivity index (χ4n) is 1.95. The van der Waals surface area contributed by atoms with E-state index >= 15 is 0 Å². The molecule has 0 aliphatic rings. The highest BCUT2D eigenvalue weighted by atomic mass is 16.5. The number of nitrogens with zero attached hydrogens (tertiary/aromatic N) is 1. The fraction of sp³-hybridized carbons (Fsp3) is 0.133. The first kappa shape index (κ1) is 11.6. The molecule has 2 N–H and O–H groups in total. The Hall–Kier alpha value is -2.49. The lowest BCUT2D eigenvalue weighted by Crippen LogP contribution is -2.02. The second kappa shape index (κ2) is 5.02. The van der Waals surface area contributed by atoms with E-state index < -0.39 is 0 Å². The number of benzene rings is 2. The summed E-state index contributed by atoms with van der Waals surface area (Å²) >= 11 is 0. The van der Waals surface area contributed by atoms with Gasteiger partial charge in [-0.15, -0.1) is 0 Å². The van der Waals surface area contributed by atoms with Crippen molar-refractivity contribution in [3.05, 3.63) is 54.4 Å². The van der Waals surface area contributed by atoms with E-state index in [4.69, 9.17) is 4.74 Å². The lowest BCUT2D eigenvalue weighted by Gasteiger charge is -2.03. The number of para-hydroxylation sites is 1. The van der Waals surface area contributed by atoms with Crippen LogP contribution in [0.2, 0.25) is 0 Å². The van der Waals surface area contributed by atoms with Gasteiger partial charge in [0.2, 0.25) is 0 Å². The Balaban J connectivity index is 1.65. The molecule has 19 heavy (non-hydrogen) atoms. The van der Waals surface area contributed by atoms with E-state index in [0.717, 1.165) is 22.6 Å². The Bertz CT molecular complexity index is 677. The maximum absolute atomic E-state index is 9.39. The molecule has 0 spiro atoms. The van der Waals surface area contributed by atoms with Gasteiger partial charge in [0.25, 0.3) is 0 Å². The number of imidazole rings is 1. The van der Waals surface area contributed by atoms with Gasteiger partial charge in [0, 0.05) is 12.5 Å². The lowest BCUT2D eigenvalue weighted by atomic mass is 10.3. The molecule has 0 saturated carbocycles. The van der Waals surface area contributed by atoms with Gasteiger partial charge in [0.1, 0.15) is 17.3 Å². The predicted octanol–water partition coefficient (Wildman–Crippen LogP) is 2.89. The molecule has 0 radical (unpaired) electrons. The second-order valence-corrected chi connectivity index (χ2v) is 4.30. The third-order valence-corrected chi connectivity index (χ3v) is 2.87. The standard InChI is InChI=1S/C15H14N2O2/c18-11-6-7-13-14(10-11)17-15(16-13)8-9-19-12-4-2-1-3-5-12/h1-7,10,18H,8-9H2,(H,16,17). The molecule has 0 amide bonds. The van der Waals surface area contributed by atoms with Crippen LogP contribution in [0.3, 0.4) is 0 Å². The minimum absolute atomic E-state index is 0.239. The zero-order valence-electron chi connectivity index (χ0n) is 10.3. The monoisotopic (exact) mass is 254 g/mol. The highest BCUT2D eigenvalue weighted by Gasteiger charge is 2.03. The zero-order valence-corrected chi connectivity index (χ0v) is 10.3. The average molecular weight is 254 g/mol. The number of aromatic nitrogens is 2. The first-order chi connectivity index (χ1) is 9.31. The number of rotatable bonds is 4. The fourth-order valence-corrected chi connectivity index (χ4v) is 1.95. The van der Waals surface area contributed by atoms with Gasteiger partial charge in [-0.2, -0.15) is 0 Å². The van der Waals surface area contributed by atoms with Crippen LogP contribution in [-0.4, -0.2) is 21.7 Å². The van der Waals surface area contributed by atoms with Gasteiger partial charge in [-0.1, -0.05) is 18.2 Å². The van der Waals surface area contributed by atoms with Gasteiger partial charge in [-0.3, -0.25) is 0 Å². The number of ether oxygens (including phenoxy) is 1. The van der Waals surface area contributed by atoms with Crippen LogP contribution in [0.1, 0.15) is 5.82 Å². The van der Waals surface area contributed by atoms with Crippen LogP contribution in [0.5, 0.6) is 11.5 Å². The van der Waals surface area contributed by atoms with E-state index in [1.807, 2.05) is 30.3 Å². The molecule has 2 aromatic carbocycles. The highest BCUT2D eigenvalue weighted by molar-refractivity contribution is 5.76. The van der Waals surface area contributed by atoms with Gasteiger partial charge in [0.15, 0.2) is 0 Å². The van der Waals surface area contributed by atoms with Gasteiger partial charge in [-0.25, -0.2) is 4.98 Å². The van der Waals surface area contributed by atoms with Crippen molar-refractivity contribution in [3.8, 4) is 11.5 Å². The van der Waals surface area contributed by atoms with Crippen molar-refractivity contribution in [1.29, 1.82) is 0 Å². The topological polar surface area (TPSA) is 58.1 Å². The van der Waals surface area contributed by atoms with E-state index in [-0.39, 0.29) is 5.75 Å². The van der Waals surface area contributed by atoms with E-state index in [1.54, 1.807) is 18.2 Å². The molecule has 96 valence electrons. The van der Waals surface area contributed by atoms with Gasteiger partial charge >= 0.3 is 0 Å². The molecule has 0 unspecified atom stereocenters. The maximum atomic E-state index is 9.39. The largest absolute Gasteiger partial charge is 0.508 e.